The molecule has 0 atom stereocenters. The van der Waals surface area contributed by atoms with Gasteiger partial charge in [-0.25, -0.2) is 8.42 Å². The van der Waals surface area contributed by atoms with Crippen LogP contribution in [-0.2, 0) is 16.6 Å². The molecule has 1 aliphatic rings. The average Bonchev–Trinajstić information content (AvgIpc) is 3.00. The lowest BCUT2D eigenvalue weighted by atomic mass is 10.4. The topological polar surface area (TPSA) is 92.1 Å². The Morgan fingerprint density at radius 2 is 2.19 bits per heavy atom. The Bertz CT molecular complexity index is 490. The second-order valence-electron chi connectivity index (χ2n) is 4.08. The lowest BCUT2D eigenvalue weighted by Gasteiger charge is -2.16. The molecule has 0 aromatic carbocycles. The number of aryl methyl sites for hydroxylation is 1. The van der Waals surface area contributed by atoms with E-state index in [1.807, 2.05) is 0 Å². The van der Waals surface area contributed by atoms with Crippen molar-refractivity contribution in [1.29, 1.82) is 0 Å². The number of hydrogen-bond acceptors (Lipinski definition) is 4. The van der Waals surface area contributed by atoms with Crippen molar-refractivity contribution in [3.63, 3.8) is 0 Å². The minimum atomic E-state index is -3.45. The predicted molar refractivity (Wildman–Crippen MR) is 59.2 cm³/mol. The third-order valence-corrected chi connectivity index (χ3v) is 4.97. The maximum atomic E-state index is 12.3. The predicted octanol–water partition coefficient (Wildman–Crippen LogP) is -0.0403. The molecule has 7 heteroatoms. The number of aromatic amines is 1. The van der Waals surface area contributed by atoms with Crippen LogP contribution in [0.25, 0.3) is 0 Å². The maximum Gasteiger partial charge on any atom is 0.246 e. The van der Waals surface area contributed by atoms with Crippen molar-refractivity contribution >= 4 is 10.0 Å². The molecule has 0 radical (unpaired) electrons. The molecule has 1 aromatic heterocycles. The minimum Gasteiger partial charge on any atom is -0.325 e. The lowest BCUT2D eigenvalue weighted by molar-refractivity contribution is 0.463. The number of nitrogens with two attached hydrogens (primary N) is 1. The Balaban J connectivity index is 2.45. The zero-order chi connectivity index (χ0) is 11.9. The first-order valence-corrected chi connectivity index (χ1v) is 6.64. The Kier molecular flexibility index (Phi) is 2.77. The van der Waals surface area contributed by atoms with Crippen molar-refractivity contribution in [1.82, 2.24) is 14.5 Å². The molecule has 2 rings (SSSR count). The number of H-pyrrole nitrogens is 1. The van der Waals surface area contributed by atoms with Crippen LogP contribution in [0, 0.1) is 6.92 Å². The summed E-state index contributed by atoms with van der Waals surface area (Å²) >= 11 is 0. The summed E-state index contributed by atoms with van der Waals surface area (Å²) in [6.45, 7) is 1.82. The fourth-order valence-electron chi connectivity index (χ4n) is 1.73. The molecule has 6 nitrogen and oxygen atoms in total. The first-order valence-electron chi connectivity index (χ1n) is 5.20. The van der Waals surface area contributed by atoms with E-state index < -0.39 is 10.0 Å². The fourth-order valence-corrected chi connectivity index (χ4v) is 3.48. The summed E-state index contributed by atoms with van der Waals surface area (Å²) in [5.41, 5.74) is 6.44. The van der Waals surface area contributed by atoms with Crippen molar-refractivity contribution in [3.8, 4) is 0 Å². The highest BCUT2D eigenvalue weighted by atomic mass is 32.2. The van der Waals surface area contributed by atoms with E-state index in [9.17, 15) is 8.42 Å². The lowest BCUT2D eigenvalue weighted by Crippen LogP contribution is -2.30. The molecule has 0 bridgehead atoms. The third kappa shape index (κ3) is 1.74. The van der Waals surface area contributed by atoms with E-state index >= 15 is 0 Å². The molecule has 1 aromatic rings. The first kappa shape index (κ1) is 11.6. The first-order chi connectivity index (χ1) is 7.48. The summed E-state index contributed by atoms with van der Waals surface area (Å²) in [4.78, 5) is 0.240. The largest absolute Gasteiger partial charge is 0.325 e. The van der Waals surface area contributed by atoms with Gasteiger partial charge in [-0.2, -0.15) is 9.40 Å². The van der Waals surface area contributed by atoms with Gasteiger partial charge in [0, 0.05) is 19.6 Å². The summed E-state index contributed by atoms with van der Waals surface area (Å²) in [5, 5.41) is 6.58. The van der Waals surface area contributed by atoms with E-state index in [1.165, 1.54) is 4.31 Å². The molecule has 1 heterocycles. The van der Waals surface area contributed by atoms with E-state index in [4.69, 9.17) is 5.73 Å². The number of hydrogen-bond donors (Lipinski definition) is 2. The molecule has 0 unspecified atom stereocenters. The van der Waals surface area contributed by atoms with Gasteiger partial charge in [-0.3, -0.25) is 5.10 Å². The van der Waals surface area contributed by atoms with Crippen molar-refractivity contribution in [2.24, 2.45) is 5.73 Å². The Morgan fingerprint density at radius 3 is 2.69 bits per heavy atom. The molecule has 90 valence electrons. The Morgan fingerprint density at radius 1 is 1.56 bits per heavy atom. The van der Waals surface area contributed by atoms with Crippen molar-refractivity contribution in [2.45, 2.75) is 37.2 Å². The molecule has 0 aliphatic heterocycles. The van der Waals surface area contributed by atoms with E-state index in [1.54, 1.807) is 14.0 Å². The highest BCUT2D eigenvalue weighted by Crippen LogP contribution is 2.31. The summed E-state index contributed by atoms with van der Waals surface area (Å²) in [6, 6.07) is 0.143. The molecule has 16 heavy (non-hydrogen) atoms. The fraction of sp³-hybridized carbons (Fsp3) is 0.667. The molecular formula is C9H16N4O2S. The van der Waals surface area contributed by atoms with Crippen molar-refractivity contribution in [2.75, 3.05) is 7.05 Å². The Labute approximate surface area is 94.9 Å². The molecule has 3 N–H and O–H groups in total. The van der Waals surface area contributed by atoms with Crippen LogP contribution in [0.1, 0.15) is 24.2 Å². The quantitative estimate of drug-likeness (QED) is 0.777. The number of nitrogens with one attached hydrogen (secondary N) is 1. The van der Waals surface area contributed by atoms with Crippen LogP contribution in [0.4, 0.5) is 0 Å². The zero-order valence-corrected chi connectivity index (χ0v) is 10.2. The van der Waals surface area contributed by atoms with Gasteiger partial charge in [0.15, 0.2) is 0 Å². The van der Waals surface area contributed by atoms with Crippen LogP contribution in [0.5, 0.6) is 0 Å². The van der Waals surface area contributed by atoms with E-state index in [0.29, 0.717) is 11.4 Å². The number of aromatic nitrogens is 2. The second kappa shape index (κ2) is 3.83. The van der Waals surface area contributed by atoms with Crippen molar-refractivity contribution in [3.05, 3.63) is 11.4 Å². The van der Waals surface area contributed by atoms with Gasteiger partial charge in [-0.05, 0) is 19.8 Å². The summed E-state index contributed by atoms with van der Waals surface area (Å²) in [5.74, 6) is 0. The number of rotatable bonds is 4. The van der Waals surface area contributed by atoms with E-state index in [-0.39, 0.29) is 17.5 Å². The monoisotopic (exact) mass is 244 g/mol. The Hall–Kier alpha value is -0.920. The highest BCUT2D eigenvalue weighted by molar-refractivity contribution is 7.89. The minimum absolute atomic E-state index is 0.122. The van der Waals surface area contributed by atoms with Gasteiger partial charge in [-0.1, -0.05) is 0 Å². The van der Waals surface area contributed by atoms with Gasteiger partial charge < -0.3 is 5.73 Å². The normalized spacial score (nSPS) is 17.0. The SMILES string of the molecule is Cc1[nH]nc(CN)c1S(=O)(=O)N(C)C1CC1. The van der Waals surface area contributed by atoms with Crippen LogP contribution in [0.15, 0.2) is 4.90 Å². The highest BCUT2D eigenvalue weighted by Gasteiger charge is 2.37. The molecular weight excluding hydrogens is 228 g/mol. The smallest absolute Gasteiger partial charge is 0.246 e. The molecule has 1 saturated carbocycles. The summed E-state index contributed by atoms with van der Waals surface area (Å²) in [6.07, 6.45) is 1.87. The zero-order valence-electron chi connectivity index (χ0n) is 9.40. The molecule has 0 spiro atoms. The standard InChI is InChI=1S/C9H16N4O2S/c1-6-9(8(5-10)12-11-6)16(14,15)13(2)7-3-4-7/h7H,3-5,10H2,1-2H3,(H,11,12). The van der Waals surface area contributed by atoms with Gasteiger partial charge in [-0.15, -0.1) is 0 Å². The summed E-state index contributed by atoms with van der Waals surface area (Å²) in [7, 11) is -1.84. The third-order valence-electron chi connectivity index (χ3n) is 2.85. The molecule has 1 aliphatic carbocycles. The number of sulfonamides is 1. The van der Waals surface area contributed by atoms with E-state index in [2.05, 4.69) is 10.2 Å². The van der Waals surface area contributed by atoms with Gasteiger partial charge in [0.25, 0.3) is 0 Å². The summed E-state index contributed by atoms with van der Waals surface area (Å²) < 4.78 is 26.0. The second-order valence-corrected chi connectivity index (χ2v) is 6.02. The molecule has 1 fully saturated rings. The van der Waals surface area contributed by atoms with Gasteiger partial charge in [0.1, 0.15) is 4.90 Å². The number of nitrogens with zero attached hydrogens (tertiary/aromatic N) is 2. The van der Waals surface area contributed by atoms with Crippen LogP contribution < -0.4 is 5.73 Å². The molecule has 0 amide bonds. The van der Waals surface area contributed by atoms with Crippen LogP contribution in [0.3, 0.4) is 0 Å². The van der Waals surface area contributed by atoms with Crippen LogP contribution >= 0.6 is 0 Å². The van der Waals surface area contributed by atoms with Gasteiger partial charge in [0.2, 0.25) is 10.0 Å². The average molecular weight is 244 g/mol. The van der Waals surface area contributed by atoms with Crippen LogP contribution in [0.2, 0.25) is 0 Å². The van der Waals surface area contributed by atoms with Gasteiger partial charge >= 0.3 is 0 Å². The maximum absolute atomic E-state index is 12.3. The van der Waals surface area contributed by atoms with Crippen LogP contribution in [-0.4, -0.2) is 36.0 Å². The van der Waals surface area contributed by atoms with E-state index in [0.717, 1.165) is 12.8 Å². The van der Waals surface area contributed by atoms with Gasteiger partial charge in [0.05, 0.1) is 11.4 Å². The van der Waals surface area contributed by atoms with Crippen molar-refractivity contribution < 1.29 is 8.42 Å². The molecule has 0 saturated heterocycles.